The number of nitrogens with one attached hydrogen (secondary N) is 1. The van der Waals surface area contributed by atoms with Crippen LogP contribution in [-0.4, -0.2) is 51.4 Å². The van der Waals surface area contributed by atoms with E-state index in [-0.39, 0.29) is 11.3 Å². The lowest BCUT2D eigenvalue weighted by Gasteiger charge is -2.21. The summed E-state index contributed by atoms with van der Waals surface area (Å²) >= 11 is 0. The number of amides is 1. The number of benzene rings is 2. The number of sulfonamides is 1. The fourth-order valence-electron chi connectivity index (χ4n) is 3.94. The van der Waals surface area contributed by atoms with E-state index in [0.717, 1.165) is 31.2 Å². The van der Waals surface area contributed by atoms with Gasteiger partial charge < -0.3 is 14.8 Å². The van der Waals surface area contributed by atoms with E-state index in [0.29, 0.717) is 36.5 Å². The molecular formula is C25H32N2O6S. The second kappa shape index (κ2) is 12.0. The fraction of sp³-hybridized carbons (Fsp3) is 0.440. The van der Waals surface area contributed by atoms with Gasteiger partial charge in [0, 0.05) is 25.2 Å². The number of anilines is 1. The Morgan fingerprint density at radius 2 is 1.74 bits per heavy atom. The molecule has 0 aromatic heterocycles. The maximum absolute atomic E-state index is 13.2. The van der Waals surface area contributed by atoms with Crippen molar-refractivity contribution in [3.05, 3.63) is 53.6 Å². The van der Waals surface area contributed by atoms with Crippen LogP contribution in [0.15, 0.2) is 47.4 Å². The first kappa shape index (κ1) is 25.7. The first-order valence-electron chi connectivity index (χ1n) is 11.5. The van der Waals surface area contributed by atoms with Gasteiger partial charge in [-0.25, -0.2) is 8.42 Å². The molecule has 0 spiro atoms. The third-order valence-electron chi connectivity index (χ3n) is 5.81. The monoisotopic (exact) mass is 488 g/mol. The van der Waals surface area contributed by atoms with Crippen LogP contribution < -0.4 is 10.1 Å². The van der Waals surface area contributed by atoms with Crippen molar-refractivity contribution >= 4 is 27.6 Å². The van der Waals surface area contributed by atoms with Crippen LogP contribution in [0.5, 0.6) is 5.75 Å². The van der Waals surface area contributed by atoms with E-state index in [9.17, 15) is 18.0 Å². The van der Waals surface area contributed by atoms with Gasteiger partial charge in [-0.3, -0.25) is 9.59 Å². The minimum Gasteiger partial charge on any atom is -0.496 e. The molecule has 1 N–H and O–H groups in total. The maximum atomic E-state index is 13.2. The molecule has 34 heavy (non-hydrogen) atoms. The van der Waals surface area contributed by atoms with Gasteiger partial charge in [0.05, 0.1) is 12.0 Å². The third kappa shape index (κ3) is 6.80. The van der Waals surface area contributed by atoms with Crippen LogP contribution in [-0.2, 0) is 30.8 Å². The number of methoxy groups -OCH3 is 1. The highest BCUT2D eigenvalue weighted by Gasteiger charge is 2.27. The molecule has 3 rings (SSSR count). The van der Waals surface area contributed by atoms with Gasteiger partial charge in [0.1, 0.15) is 5.75 Å². The Bertz CT molecular complexity index is 1110. The molecule has 9 heteroatoms. The number of hydrogen-bond acceptors (Lipinski definition) is 6. The van der Waals surface area contributed by atoms with E-state index >= 15 is 0 Å². The van der Waals surface area contributed by atoms with E-state index in [2.05, 4.69) is 5.32 Å². The molecule has 1 aliphatic heterocycles. The number of aryl methyl sites for hydroxylation is 2. The lowest BCUT2D eigenvalue weighted by Crippen LogP contribution is -2.32. The van der Waals surface area contributed by atoms with E-state index < -0.39 is 28.5 Å². The summed E-state index contributed by atoms with van der Waals surface area (Å²) in [4.78, 5) is 24.6. The Morgan fingerprint density at radius 1 is 1.03 bits per heavy atom. The zero-order valence-corrected chi connectivity index (χ0v) is 20.5. The molecule has 0 unspecified atom stereocenters. The Morgan fingerprint density at radius 3 is 2.44 bits per heavy atom. The molecule has 2 aromatic carbocycles. The second-order valence-corrected chi connectivity index (χ2v) is 10.2. The van der Waals surface area contributed by atoms with Crippen LogP contribution in [0.1, 0.15) is 43.2 Å². The standard InChI is InChI=1S/C25H32N2O6S/c1-19-11-13-21(17-23(19)34(30,31)27-15-7-3-4-8-16-27)26-24(28)18-33-25(29)14-12-20-9-5-6-10-22(20)32-2/h5-6,9-11,13,17H,3-4,7-8,12,14-16,18H2,1-2H3,(H,26,28). The zero-order chi connectivity index (χ0) is 24.6. The number of carbonyl (C=O) groups excluding carboxylic acids is 2. The smallest absolute Gasteiger partial charge is 0.306 e. The summed E-state index contributed by atoms with van der Waals surface area (Å²) in [7, 11) is -2.09. The normalized spacial score (nSPS) is 14.8. The van der Waals surface area contributed by atoms with Crippen LogP contribution in [0.3, 0.4) is 0 Å². The molecule has 1 amide bonds. The van der Waals surface area contributed by atoms with E-state index in [1.807, 2.05) is 24.3 Å². The molecule has 0 radical (unpaired) electrons. The Hall–Kier alpha value is -2.91. The van der Waals surface area contributed by atoms with Crippen molar-refractivity contribution in [3.63, 3.8) is 0 Å². The third-order valence-corrected chi connectivity index (χ3v) is 7.85. The SMILES string of the molecule is COc1ccccc1CCC(=O)OCC(=O)Nc1ccc(C)c(S(=O)(=O)N2CCCCCC2)c1. The second-order valence-electron chi connectivity index (χ2n) is 8.32. The van der Waals surface area contributed by atoms with Gasteiger partial charge in [-0.2, -0.15) is 4.31 Å². The van der Waals surface area contributed by atoms with Crippen LogP contribution >= 0.6 is 0 Å². The lowest BCUT2D eigenvalue weighted by molar-refractivity contribution is -0.147. The molecule has 184 valence electrons. The molecule has 0 saturated carbocycles. The van der Waals surface area contributed by atoms with Crippen molar-refractivity contribution < 1.29 is 27.5 Å². The van der Waals surface area contributed by atoms with Gasteiger partial charge in [-0.05, 0) is 55.5 Å². The van der Waals surface area contributed by atoms with Gasteiger partial charge in [0.15, 0.2) is 6.61 Å². The predicted octanol–water partition coefficient (Wildman–Crippen LogP) is 3.68. The van der Waals surface area contributed by atoms with Crippen molar-refractivity contribution in [2.24, 2.45) is 0 Å². The summed E-state index contributed by atoms with van der Waals surface area (Å²) in [5.74, 6) is -0.347. The average molecular weight is 489 g/mol. The van der Waals surface area contributed by atoms with E-state index in [4.69, 9.17) is 9.47 Å². The highest BCUT2D eigenvalue weighted by molar-refractivity contribution is 7.89. The van der Waals surface area contributed by atoms with Crippen molar-refractivity contribution in [1.82, 2.24) is 4.31 Å². The van der Waals surface area contributed by atoms with Crippen molar-refractivity contribution in [1.29, 1.82) is 0 Å². The molecule has 0 aliphatic carbocycles. The van der Waals surface area contributed by atoms with Crippen molar-refractivity contribution in [3.8, 4) is 5.75 Å². The first-order chi connectivity index (χ1) is 16.3. The zero-order valence-electron chi connectivity index (χ0n) is 19.7. The lowest BCUT2D eigenvalue weighted by atomic mass is 10.1. The number of ether oxygens (including phenoxy) is 2. The molecule has 1 fully saturated rings. The molecule has 8 nitrogen and oxygen atoms in total. The van der Waals surface area contributed by atoms with E-state index in [1.165, 1.54) is 10.4 Å². The van der Waals surface area contributed by atoms with Crippen LogP contribution in [0, 0.1) is 6.92 Å². The van der Waals surface area contributed by atoms with Crippen molar-refractivity contribution in [2.75, 3.05) is 32.1 Å². The molecule has 2 aromatic rings. The summed E-state index contributed by atoms with van der Waals surface area (Å²) in [6.45, 7) is 2.29. The number of hydrogen-bond donors (Lipinski definition) is 1. The van der Waals surface area contributed by atoms with Crippen molar-refractivity contribution in [2.45, 2.75) is 50.3 Å². The number of para-hydroxylation sites is 1. The Labute approximate surface area is 201 Å². The summed E-state index contributed by atoms with van der Waals surface area (Å²) in [6.07, 6.45) is 4.28. The summed E-state index contributed by atoms with van der Waals surface area (Å²) in [6, 6.07) is 12.2. The molecule has 0 atom stereocenters. The Balaban J connectivity index is 1.56. The minimum atomic E-state index is -3.65. The average Bonchev–Trinajstić information content (AvgIpc) is 3.13. The van der Waals surface area contributed by atoms with Gasteiger partial charge in [0.2, 0.25) is 10.0 Å². The van der Waals surface area contributed by atoms with Gasteiger partial charge in [0.25, 0.3) is 5.91 Å². The number of rotatable bonds is 9. The number of carbonyl (C=O) groups is 2. The summed E-state index contributed by atoms with van der Waals surface area (Å²) in [5, 5.41) is 2.63. The highest BCUT2D eigenvalue weighted by atomic mass is 32.2. The van der Waals surface area contributed by atoms with E-state index in [1.54, 1.807) is 26.2 Å². The fourth-order valence-corrected chi connectivity index (χ4v) is 5.71. The Kier molecular flexibility index (Phi) is 9.06. The largest absolute Gasteiger partial charge is 0.496 e. The van der Waals surface area contributed by atoms with Crippen LogP contribution in [0.4, 0.5) is 5.69 Å². The quantitative estimate of drug-likeness (QED) is 0.540. The van der Waals surface area contributed by atoms with Gasteiger partial charge in [-0.15, -0.1) is 0 Å². The molecular weight excluding hydrogens is 456 g/mol. The minimum absolute atomic E-state index is 0.108. The van der Waals surface area contributed by atoms with Crippen LogP contribution in [0.2, 0.25) is 0 Å². The van der Waals surface area contributed by atoms with Gasteiger partial charge >= 0.3 is 5.97 Å². The predicted molar refractivity (Wildman–Crippen MR) is 129 cm³/mol. The molecule has 0 bridgehead atoms. The number of esters is 1. The molecule has 1 saturated heterocycles. The van der Waals surface area contributed by atoms with Crippen LogP contribution in [0.25, 0.3) is 0 Å². The maximum Gasteiger partial charge on any atom is 0.306 e. The van der Waals surface area contributed by atoms with Gasteiger partial charge in [-0.1, -0.05) is 37.1 Å². The molecule has 1 aliphatic rings. The summed E-state index contributed by atoms with van der Waals surface area (Å²) < 4.78 is 38.2. The summed E-state index contributed by atoms with van der Waals surface area (Å²) in [5.41, 5.74) is 1.84. The highest BCUT2D eigenvalue weighted by Crippen LogP contribution is 2.26. The first-order valence-corrected chi connectivity index (χ1v) is 12.9. The number of nitrogens with zero attached hydrogens (tertiary/aromatic N) is 1. The molecule has 1 heterocycles. The topological polar surface area (TPSA) is 102 Å².